The van der Waals surface area contributed by atoms with Gasteiger partial charge in [0.1, 0.15) is 11.5 Å². The first-order valence-electron chi connectivity index (χ1n) is 9.06. The molecule has 0 unspecified atom stereocenters. The lowest BCUT2D eigenvalue weighted by Gasteiger charge is -2.08. The zero-order chi connectivity index (χ0) is 19.5. The van der Waals surface area contributed by atoms with Crippen molar-refractivity contribution in [1.82, 2.24) is 14.9 Å². The number of hydrogen-bond acceptors (Lipinski definition) is 6. The smallest absolute Gasteiger partial charge is 0.234 e. The van der Waals surface area contributed by atoms with Crippen LogP contribution in [0.3, 0.4) is 0 Å². The third-order valence-corrected chi connectivity index (χ3v) is 5.27. The van der Waals surface area contributed by atoms with Crippen LogP contribution in [0.1, 0.15) is 30.1 Å². The van der Waals surface area contributed by atoms with E-state index in [0.717, 1.165) is 30.0 Å². The number of nitrogens with one attached hydrogen (secondary N) is 1. The SMILES string of the molecule is Cc1cccc(Oc2ccc(NC(=O)CSc3nnc(C4CC4)n3N)cc2)c1. The zero-order valence-corrected chi connectivity index (χ0v) is 16.3. The molecule has 2 aromatic carbocycles. The number of aryl methyl sites for hydroxylation is 1. The van der Waals surface area contributed by atoms with E-state index in [4.69, 9.17) is 10.6 Å². The molecular formula is C20H21N5O2S. The average Bonchev–Trinajstić information content (AvgIpc) is 3.45. The molecule has 0 saturated heterocycles. The van der Waals surface area contributed by atoms with Crippen LogP contribution in [0.15, 0.2) is 53.7 Å². The minimum absolute atomic E-state index is 0.131. The monoisotopic (exact) mass is 395 g/mol. The van der Waals surface area contributed by atoms with Gasteiger partial charge in [0.05, 0.1) is 5.75 Å². The number of hydrogen-bond donors (Lipinski definition) is 2. The molecule has 28 heavy (non-hydrogen) atoms. The summed E-state index contributed by atoms with van der Waals surface area (Å²) in [6.07, 6.45) is 2.20. The van der Waals surface area contributed by atoms with E-state index in [1.54, 1.807) is 0 Å². The van der Waals surface area contributed by atoms with Gasteiger partial charge in [0.2, 0.25) is 11.1 Å². The van der Waals surface area contributed by atoms with Gasteiger partial charge in [-0.2, -0.15) is 0 Å². The number of benzene rings is 2. The predicted octanol–water partition coefficient (Wildman–Crippen LogP) is 3.70. The Morgan fingerprint density at radius 2 is 2.00 bits per heavy atom. The Balaban J connectivity index is 1.29. The second-order valence-electron chi connectivity index (χ2n) is 6.76. The predicted molar refractivity (Wildman–Crippen MR) is 109 cm³/mol. The maximum absolute atomic E-state index is 12.2. The van der Waals surface area contributed by atoms with Crippen molar-refractivity contribution >= 4 is 23.4 Å². The van der Waals surface area contributed by atoms with E-state index in [2.05, 4.69) is 15.5 Å². The first-order chi connectivity index (χ1) is 13.6. The Morgan fingerprint density at radius 3 is 2.71 bits per heavy atom. The largest absolute Gasteiger partial charge is 0.457 e. The fourth-order valence-electron chi connectivity index (χ4n) is 2.76. The van der Waals surface area contributed by atoms with Gasteiger partial charge in [-0.1, -0.05) is 23.9 Å². The highest BCUT2D eigenvalue weighted by atomic mass is 32.2. The number of nitrogen functional groups attached to an aromatic ring is 1. The first kappa shape index (κ1) is 18.4. The number of carbonyl (C=O) groups is 1. The minimum atomic E-state index is -0.131. The van der Waals surface area contributed by atoms with Gasteiger partial charge in [-0.25, -0.2) is 4.68 Å². The molecule has 3 aromatic rings. The van der Waals surface area contributed by atoms with Crippen LogP contribution in [0.4, 0.5) is 5.69 Å². The highest BCUT2D eigenvalue weighted by Crippen LogP contribution is 2.39. The Labute approximate surface area is 167 Å². The summed E-state index contributed by atoms with van der Waals surface area (Å²) >= 11 is 1.27. The second-order valence-corrected chi connectivity index (χ2v) is 7.71. The van der Waals surface area contributed by atoms with E-state index < -0.39 is 0 Å². The van der Waals surface area contributed by atoms with E-state index in [9.17, 15) is 4.79 Å². The molecule has 1 aromatic heterocycles. The number of amides is 1. The van der Waals surface area contributed by atoms with Crippen molar-refractivity contribution in [3.8, 4) is 11.5 Å². The molecule has 1 saturated carbocycles. The molecule has 0 spiro atoms. The fourth-order valence-corrected chi connectivity index (χ4v) is 3.42. The summed E-state index contributed by atoms with van der Waals surface area (Å²) in [5, 5.41) is 11.6. The highest BCUT2D eigenvalue weighted by Gasteiger charge is 2.30. The molecule has 3 N–H and O–H groups in total. The fraction of sp³-hybridized carbons (Fsp3) is 0.250. The average molecular weight is 395 g/mol. The molecule has 7 nitrogen and oxygen atoms in total. The maximum Gasteiger partial charge on any atom is 0.234 e. The lowest BCUT2D eigenvalue weighted by molar-refractivity contribution is -0.113. The lowest BCUT2D eigenvalue weighted by atomic mass is 10.2. The van der Waals surface area contributed by atoms with Gasteiger partial charge in [-0.05, 0) is 61.7 Å². The summed E-state index contributed by atoms with van der Waals surface area (Å²) in [7, 11) is 0. The van der Waals surface area contributed by atoms with Crippen LogP contribution in [0, 0.1) is 6.92 Å². The quantitative estimate of drug-likeness (QED) is 0.468. The molecule has 0 bridgehead atoms. The van der Waals surface area contributed by atoms with Crippen LogP contribution in [0.5, 0.6) is 11.5 Å². The standard InChI is InChI=1S/C20H21N5O2S/c1-13-3-2-4-17(11-13)27-16-9-7-15(8-10-16)22-18(26)12-28-20-24-23-19(25(20)21)14-5-6-14/h2-4,7-11,14H,5-6,12,21H2,1H3,(H,22,26). The molecule has 144 valence electrons. The molecule has 0 aliphatic heterocycles. The number of aromatic nitrogens is 3. The number of nitrogens with two attached hydrogens (primary N) is 1. The zero-order valence-electron chi connectivity index (χ0n) is 15.5. The van der Waals surface area contributed by atoms with Crippen LogP contribution in [0.25, 0.3) is 0 Å². The van der Waals surface area contributed by atoms with Gasteiger partial charge in [-0.3, -0.25) is 4.79 Å². The molecule has 1 aliphatic rings. The Hall–Kier alpha value is -3.00. The molecule has 0 radical (unpaired) electrons. The van der Waals surface area contributed by atoms with Crippen LogP contribution < -0.4 is 15.9 Å². The van der Waals surface area contributed by atoms with Gasteiger partial charge in [0, 0.05) is 11.6 Å². The molecule has 1 fully saturated rings. The third-order valence-electron chi connectivity index (χ3n) is 4.33. The molecule has 1 heterocycles. The Morgan fingerprint density at radius 1 is 1.21 bits per heavy atom. The van der Waals surface area contributed by atoms with Crippen molar-refractivity contribution in [2.75, 3.05) is 16.9 Å². The Bertz CT molecular complexity index is 983. The van der Waals surface area contributed by atoms with Crippen LogP contribution in [-0.2, 0) is 4.79 Å². The van der Waals surface area contributed by atoms with Crippen molar-refractivity contribution in [1.29, 1.82) is 0 Å². The molecule has 0 atom stereocenters. The molecular weight excluding hydrogens is 374 g/mol. The number of thioether (sulfide) groups is 1. The summed E-state index contributed by atoms with van der Waals surface area (Å²) < 4.78 is 7.31. The summed E-state index contributed by atoms with van der Waals surface area (Å²) in [6.45, 7) is 2.02. The van der Waals surface area contributed by atoms with Crippen molar-refractivity contribution in [2.24, 2.45) is 0 Å². The van der Waals surface area contributed by atoms with Gasteiger partial charge in [0.25, 0.3) is 0 Å². The van der Waals surface area contributed by atoms with Crippen molar-refractivity contribution in [3.05, 3.63) is 59.9 Å². The molecule has 1 aliphatic carbocycles. The molecule has 8 heteroatoms. The van der Waals surface area contributed by atoms with Crippen molar-refractivity contribution < 1.29 is 9.53 Å². The number of ether oxygens (including phenoxy) is 1. The van der Waals surface area contributed by atoms with Crippen LogP contribution in [0.2, 0.25) is 0 Å². The lowest BCUT2D eigenvalue weighted by Crippen LogP contribution is -2.17. The summed E-state index contributed by atoms with van der Waals surface area (Å²) in [4.78, 5) is 12.2. The van der Waals surface area contributed by atoms with Crippen LogP contribution >= 0.6 is 11.8 Å². The summed E-state index contributed by atoms with van der Waals surface area (Å²) in [5.74, 6) is 8.78. The number of nitrogens with zero attached hydrogens (tertiary/aromatic N) is 3. The number of anilines is 1. The second kappa shape index (κ2) is 7.93. The summed E-state index contributed by atoms with van der Waals surface area (Å²) in [6, 6.07) is 15.1. The maximum atomic E-state index is 12.2. The molecule has 1 amide bonds. The normalized spacial score (nSPS) is 13.3. The van der Waals surface area contributed by atoms with E-state index in [1.807, 2.05) is 55.5 Å². The topological polar surface area (TPSA) is 95.1 Å². The minimum Gasteiger partial charge on any atom is -0.457 e. The number of carbonyl (C=O) groups excluding carboxylic acids is 1. The van der Waals surface area contributed by atoms with Gasteiger partial charge < -0.3 is 15.9 Å². The Kier molecular flexibility index (Phi) is 5.21. The number of rotatable bonds is 7. The summed E-state index contributed by atoms with van der Waals surface area (Å²) in [5.41, 5.74) is 1.84. The van der Waals surface area contributed by atoms with Gasteiger partial charge in [0.15, 0.2) is 5.82 Å². The van der Waals surface area contributed by atoms with E-state index >= 15 is 0 Å². The van der Waals surface area contributed by atoms with Crippen molar-refractivity contribution in [3.63, 3.8) is 0 Å². The third kappa shape index (κ3) is 4.45. The van der Waals surface area contributed by atoms with Gasteiger partial charge >= 0.3 is 0 Å². The highest BCUT2D eigenvalue weighted by molar-refractivity contribution is 7.99. The van der Waals surface area contributed by atoms with Crippen molar-refractivity contribution in [2.45, 2.75) is 30.8 Å². The van der Waals surface area contributed by atoms with E-state index in [1.165, 1.54) is 16.4 Å². The van der Waals surface area contributed by atoms with Gasteiger partial charge in [-0.15, -0.1) is 10.2 Å². The van der Waals surface area contributed by atoms with E-state index in [0.29, 0.717) is 22.5 Å². The van der Waals surface area contributed by atoms with E-state index in [-0.39, 0.29) is 11.7 Å². The first-order valence-corrected chi connectivity index (χ1v) is 10.0. The molecule has 4 rings (SSSR count). The van der Waals surface area contributed by atoms with Crippen LogP contribution in [-0.4, -0.2) is 26.5 Å².